The van der Waals surface area contributed by atoms with Gasteiger partial charge in [-0.25, -0.2) is 9.97 Å². The van der Waals surface area contributed by atoms with Crippen LogP contribution in [0.25, 0.3) is 0 Å². The van der Waals surface area contributed by atoms with Gasteiger partial charge in [-0.3, -0.25) is 9.69 Å². The summed E-state index contributed by atoms with van der Waals surface area (Å²) in [5.41, 5.74) is 6.05. The van der Waals surface area contributed by atoms with E-state index in [4.69, 9.17) is 17.3 Å². The van der Waals surface area contributed by atoms with Crippen molar-refractivity contribution < 1.29 is 4.79 Å². The maximum absolute atomic E-state index is 11.0. The standard InChI is InChI=1S/C12H19ClN4O/c1-8(2)5-17(6-11(14)18)7-12-15-9(3)4-10(13)16-12/h4,8H,5-7H2,1-3H3,(H2,14,18). The number of nitrogens with two attached hydrogens (primary N) is 1. The first-order chi connectivity index (χ1) is 8.36. The zero-order valence-electron chi connectivity index (χ0n) is 11.0. The monoisotopic (exact) mass is 270 g/mol. The lowest BCUT2D eigenvalue weighted by atomic mass is 10.2. The first-order valence-electron chi connectivity index (χ1n) is 5.87. The molecule has 0 unspecified atom stereocenters. The Balaban J connectivity index is 2.77. The molecule has 1 aromatic heterocycles. The predicted molar refractivity (Wildman–Crippen MR) is 71.1 cm³/mol. The lowest BCUT2D eigenvalue weighted by Gasteiger charge is -2.21. The van der Waals surface area contributed by atoms with Crippen molar-refractivity contribution >= 4 is 17.5 Å². The van der Waals surface area contributed by atoms with Crippen LogP contribution in [0.4, 0.5) is 0 Å². The Morgan fingerprint density at radius 1 is 1.50 bits per heavy atom. The zero-order chi connectivity index (χ0) is 13.7. The van der Waals surface area contributed by atoms with Gasteiger partial charge in [0.25, 0.3) is 0 Å². The topological polar surface area (TPSA) is 72.1 Å². The van der Waals surface area contributed by atoms with Crippen LogP contribution in [0.3, 0.4) is 0 Å². The number of aromatic nitrogens is 2. The summed E-state index contributed by atoms with van der Waals surface area (Å²) in [6.45, 7) is 7.46. The Kier molecular flexibility index (Phi) is 5.50. The maximum atomic E-state index is 11.0. The third-order valence-electron chi connectivity index (χ3n) is 2.24. The third-order valence-corrected chi connectivity index (χ3v) is 2.43. The van der Waals surface area contributed by atoms with Crippen LogP contribution in [-0.2, 0) is 11.3 Å². The number of halogens is 1. The fourth-order valence-electron chi connectivity index (χ4n) is 1.78. The van der Waals surface area contributed by atoms with Crippen LogP contribution in [0, 0.1) is 12.8 Å². The largest absolute Gasteiger partial charge is 0.369 e. The number of carbonyl (C=O) groups excluding carboxylic acids is 1. The zero-order valence-corrected chi connectivity index (χ0v) is 11.7. The van der Waals surface area contributed by atoms with Crippen molar-refractivity contribution in [1.29, 1.82) is 0 Å². The van der Waals surface area contributed by atoms with E-state index in [0.717, 1.165) is 12.2 Å². The van der Waals surface area contributed by atoms with Gasteiger partial charge in [0.2, 0.25) is 5.91 Å². The van der Waals surface area contributed by atoms with Crippen LogP contribution in [0.2, 0.25) is 5.15 Å². The maximum Gasteiger partial charge on any atom is 0.231 e. The average molecular weight is 271 g/mol. The Hall–Kier alpha value is -1.20. The number of aryl methyl sites for hydroxylation is 1. The fourth-order valence-corrected chi connectivity index (χ4v) is 2.04. The summed E-state index contributed by atoms with van der Waals surface area (Å²) in [6, 6.07) is 1.70. The van der Waals surface area contributed by atoms with Crippen LogP contribution in [-0.4, -0.2) is 33.9 Å². The molecule has 1 rings (SSSR count). The van der Waals surface area contributed by atoms with Gasteiger partial charge in [-0.15, -0.1) is 0 Å². The Bertz CT molecular complexity index is 402. The van der Waals surface area contributed by atoms with Crippen molar-refractivity contribution in [2.24, 2.45) is 11.7 Å². The van der Waals surface area contributed by atoms with E-state index in [1.165, 1.54) is 0 Å². The van der Waals surface area contributed by atoms with Gasteiger partial charge >= 0.3 is 0 Å². The Labute approximate surface area is 112 Å². The van der Waals surface area contributed by atoms with E-state index in [1.54, 1.807) is 6.07 Å². The van der Waals surface area contributed by atoms with Gasteiger partial charge in [0.15, 0.2) is 0 Å². The summed E-state index contributed by atoms with van der Waals surface area (Å²) in [5, 5.41) is 0.418. The van der Waals surface area contributed by atoms with Crippen LogP contribution in [0.15, 0.2) is 6.07 Å². The van der Waals surface area contributed by atoms with Gasteiger partial charge in [0, 0.05) is 12.2 Å². The van der Waals surface area contributed by atoms with E-state index in [1.807, 2.05) is 11.8 Å². The van der Waals surface area contributed by atoms with Gasteiger partial charge in [-0.2, -0.15) is 0 Å². The highest BCUT2D eigenvalue weighted by atomic mass is 35.5. The number of nitrogens with zero attached hydrogens (tertiary/aromatic N) is 3. The SMILES string of the molecule is Cc1cc(Cl)nc(CN(CC(N)=O)CC(C)C)n1. The molecule has 1 amide bonds. The number of rotatable bonds is 6. The van der Waals surface area contributed by atoms with E-state index in [9.17, 15) is 4.79 Å². The van der Waals surface area contributed by atoms with E-state index < -0.39 is 0 Å². The quantitative estimate of drug-likeness (QED) is 0.793. The molecular weight excluding hydrogens is 252 g/mol. The van der Waals surface area contributed by atoms with Gasteiger partial charge in [0.05, 0.1) is 13.1 Å². The molecule has 1 aromatic rings. The van der Waals surface area contributed by atoms with Crippen molar-refractivity contribution in [1.82, 2.24) is 14.9 Å². The smallest absolute Gasteiger partial charge is 0.231 e. The molecule has 6 heteroatoms. The van der Waals surface area contributed by atoms with Crippen LogP contribution in [0.5, 0.6) is 0 Å². The van der Waals surface area contributed by atoms with Crippen molar-refractivity contribution in [2.75, 3.05) is 13.1 Å². The molecule has 2 N–H and O–H groups in total. The third kappa shape index (κ3) is 5.42. The Morgan fingerprint density at radius 3 is 2.67 bits per heavy atom. The normalized spacial score (nSPS) is 11.2. The number of carbonyl (C=O) groups is 1. The molecule has 0 aliphatic rings. The van der Waals surface area contributed by atoms with E-state index in [-0.39, 0.29) is 12.5 Å². The summed E-state index contributed by atoms with van der Waals surface area (Å²) in [7, 11) is 0. The molecule has 0 saturated carbocycles. The summed E-state index contributed by atoms with van der Waals surface area (Å²) < 4.78 is 0. The van der Waals surface area contributed by atoms with E-state index in [0.29, 0.717) is 23.4 Å². The molecule has 0 aliphatic heterocycles. The summed E-state index contributed by atoms with van der Waals surface area (Å²) >= 11 is 5.88. The van der Waals surface area contributed by atoms with Crippen molar-refractivity contribution in [3.05, 3.63) is 22.7 Å². The molecule has 100 valence electrons. The van der Waals surface area contributed by atoms with Crippen molar-refractivity contribution in [3.8, 4) is 0 Å². The highest BCUT2D eigenvalue weighted by Gasteiger charge is 2.13. The highest BCUT2D eigenvalue weighted by molar-refractivity contribution is 6.29. The minimum atomic E-state index is -0.352. The van der Waals surface area contributed by atoms with Gasteiger partial charge < -0.3 is 5.73 Å². The lowest BCUT2D eigenvalue weighted by Crippen LogP contribution is -2.36. The summed E-state index contributed by atoms with van der Waals surface area (Å²) in [5.74, 6) is 0.695. The highest BCUT2D eigenvalue weighted by Crippen LogP contribution is 2.09. The van der Waals surface area contributed by atoms with E-state index in [2.05, 4.69) is 23.8 Å². The molecule has 1 heterocycles. The van der Waals surface area contributed by atoms with Crippen LogP contribution >= 0.6 is 11.6 Å². The predicted octanol–water partition coefficient (Wildman–Crippen LogP) is 1.38. The molecule has 0 spiro atoms. The van der Waals surface area contributed by atoms with Crippen LogP contribution in [0.1, 0.15) is 25.4 Å². The van der Waals surface area contributed by atoms with Crippen LogP contribution < -0.4 is 5.73 Å². The van der Waals surface area contributed by atoms with Gasteiger partial charge in [0.1, 0.15) is 11.0 Å². The molecule has 0 bridgehead atoms. The second kappa shape index (κ2) is 6.66. The molecule has 5 nitrogen and oxygen atoms in total. The van der Waals surface area contributed by atoms with E-state index >= 15 is 0 Å². The average Bonchev–Trinajstić information content (AvgIpc) is 2.12. The number of amides is 1. The minimum absolute atomic E-state index is 0.201. The fraction of sp³-hybridized carbons (Fsp3) is 0.583. The molecule has 0 radical (unpaired) electrons. The molecular formula is C12H19ClN4O. The second-order valence-electron chi connectivity index (χ2n) is 4.78. The number of primary amides is 1. The number of hydrogen-bond donors (Lipinski definition) is 1. The first kappa shape index (κ1) is 14.9. The molecule has 0 atom stereocenters. The van der Waals surface area contributed by atoms with Crippen molar-refractivity contribution in [3.63, 3.8) is 0 Å². The molecule has 0 saturated heterocycles. The first-order valence-corrected chi connectivity index (χ1v) is 6.25. The summed E-state index contributed by atoms with van der Waals surface area (Å²) in [6.07, 6.45) is 0. The molecule has 0 aromatic carbocycles. The number of hydrogen-bond acceptors (Lipinski definition) is 4. The summed E-state index contributed by atoms with van der Waals surface area (Å²) in [4.78, 5) is 21.4. The van der Waals surface area contributed by atoms with Crippen molar-refractivity contribution in [2.45, 2.75) is 27.3 Å². The van der Waals surface area contributed by atoms with Gasteiger partial charge in [-0.1, -0.05) is 25.4 Å². The minimum Gasteiger partial charge on any atom is -0.369 e. The van der Waals surface area contributed by atoms with Gasteiger partial charge in [-0.05, 0) is 18.9 Å². The molecule has 18 heavy (non-hydrogen) atoms. The molecule has 0 aliphatic carbocycles. The lowest BCUT2D eigenvalue weighted by molar-refractivity contribution is -0.119. The second-order valence-corrected chi connectivity index (χ2v) is 5.17. The molecule has 0 fully saturated rings. The Morgan fingerprint density at radius 2 is 2.17 bits per heavy atom.